The highest BCUT2D eigenvalue weighted by Crippen LogP contribution is 2.15. The van der Waals surface area contributed by atoms with Crippen LogP contribution in [-0.2, 0) is 19.1 Å². The Kier molecular flexibility index (Phi) is 7.53. The van der Waals surface area contributed by atoms with Crippen LogP contribution in [0.4, 0.5) is 10.5 Å². The van der Waals surface area contributed by atoms with Gasteiger partial charge in [-0.15, -0.1) is 0 Å². The number of amides is 5. The van der Waals surface area contributed by atoms with E-state index in [0.29, 0.717) is 45.6 Å². The number of benzene rings is 1. The molecule has 9 nitrogen and oxygen atoms in total. The summed E-state index contributed by atoms with van der Waals surface area (Å²) >= 11 is 0. The number of carbonyl (C=O) groups excluding carboxylic acids is 4. The number of nitrogens with one attached hydrogen (secondary N) is 2. The Morgan fingerprint density at radius 3 is 2.43 bits per heavy atom. The van der Waals surface area contributed by atoms with Crippen molar-refractivity contribution in [3.63, 3.8) is 0 Å². The summed E-state index contributed by atoms with van der Waals surface area (Å²) in [5, 5.41) is 2.93. The number of piperidine rings is 1. The van der Waals surface area contributed by atoms with Crippen LogP contribution in [0.2, 0.25) is 0 Å². The molecule has 30 heavy (non-hydrogen) atoms. The predicted molar refractivity (Wildman–Crippen MR) is 108 cm³/mol. The molecule has 2 fully saturated rings. The number of ether oxygens (including phenoxy) is 1. The Bertz CT molecular complexity index is 777. The molecule has 1 aromatic rings. The van der Waals surface area contributed by atoms with Crippen molar-refractivity contribution in [3.05, 3.63) is 30.3 Å². The summed E-state index contributed by atoms with van der Waals surface area (Å²) in [6.45, 7) is 4.51. The van der Waals surface area contributed by atoms with Crippen molar-refractivity contribution in [1.82, 2.24) is 9.80 Å². The van der Waals surface area contributed by atoms with Crippen molar-refractivity contribution < 1.29 is 28.8 Å². The number of carbonyl (C=O) groups is 4. The van der Waals surface area contributed by atoms with Gasteiger partial charge >= 0.3 is 17.8 Å². The van der Waals surface area contributed by atoms with E-state index in [2.05, 4.69) is 5.32 Å². The van der Waals surface area contributed by atoms with E-state index in [0.717, 1.165) is 20.4 Å². The van der Waals surface area contributed by atoms with Crippen molar-refractivity contribution in [1.29, 1.82) is 0 Å². The lowest BCUT2D eigenvalue weighted by molar-refractivity contribution is -0.912. The Labute approximate surface area is 175 Å². The van der Waals surface area contributed by atoms with Crippen LogP contribution in [0, 0.1) is 5.92 Å². The molecule has 0 aliphatic carbocycles. The normalized spacial score (nSPS) is 22.0. The second-order valence-electron chi connectivity index (χ2n) is 7.56. The van der Waals surface area contributed by atoms with E-state index in [1.165, 1.54) is 0 Å². The number of anilines is 1. The van der Waals surface area contributed by atoms with Gasteiger partial charge in [-0.05, 0) is 25.5 Å². The second kappa shape index (κ2) is 10.3. The highest BCUT2D eigenvalue weighted by Gasteiger charge is 2.46. The fourth-order valence-corrected chi connectivity index (χ4v) is 3.79. The average Bonchev–Trinajstić information content (AvgIpc) is 2.96. The average molecular weight is 417 g/mol. The minimum absolute atomic E-state index is 0.00998. The molecule has 0 spiro atoms. The van der Waals surface area contributed by atoms with Crippen LogP contribution in [0.3, 0.4) is 0 Å². The molecular formula is C21H29N4O5+. The molecule has 0 radical (unpaired) electrons. The third-order valence-corrected chi connectivity index (χ3v) is 5.50. The molecule has 2 saturated heterocycles. The SMILES string of the molecule is CCOCCCN1C(=O)C(=O)N(C[NH+]2CCC(C(=O)Nc3ccccc3)CC2)C1=O. The molecule has 0 aromatic heterocycles. The van der Waals surface area contributed by atoms with E-state index < -0.39 is 17.8 Å². The molecule has 0 bridgehead atoms. The van der Waals surface area contributed by atoms with Crippen LogP contribution >= 0.6 is 0 Å². The number of para-hydroxylation sites is 1. The maximum atomic E-state index is 12.5. The Hall–Kier alpha value is -2.78. The third-order valence-electron chi connectivity index (χ3n) is 5.50. The van der Waals surface area contributed by atoms with Gasteiger partial charge in [-0.3, -0.25) is 19.3 Å². The summed E-state index contributed by atoms with van der Waals surface area (Å²) in [7, 11) is 0. The van der Waals surface area contributed by atoms with E-state index in [9.17, 15) is 19.2 Å². The van der Waals surface area contributed by atoms with E-state index >= 15 is 0 Å². The van der Waals surface area contributed by atoms with E-state index in [4.69, 9.17) is 4.74 Å². The van der Waals surface area contributed by atoms with Gasteiger partial charge in [0, 0.05) is 44.2 Å². The summed E-state index contributed by atoms with van der Waals surface area (Å²) in [5.74, 6) is -1.65. The lowest BCUT2D eigenvalue weighted by Crippen LogP contribution is -3.14. The molecule has 2 N–H and O–H groups in total. The number of rotatable bonds is 9. The number of likely N-dealkylation sites (tertiary alicyclic amines) is 1. The summed E-state index contributed by atoms with van der Waals surface area (Å²) in [6, 6.07) is 8.77. The summed E-state index contributed by atoms with van der Waals surface area (Å²) in [6.07, 6.45) is 1.83. The first kappa shape index (κ1) is 21.9. The fraction of sp³-hybridized carbons (Fsp3) is 0.524. The van der Waals surface area contributed by atoms with Crippen molar-refractivity contribution >= 4 is 29.4 Å². The van der Waals surface area contributed by atoms with E-state index in [1.54, 1.807) is 0 Å². The third kappa shape index (κ3) is 5.22. The molecule has 162 valence electrons. The monoisotopic (exact) mass is 417 g/mol. The molecular weight excluding hydrogens is 388 g/mol. The molecule has 0 unspecified atom stereocenters. The number of nitrogens with zero attached hydrogens (tertiary/aromatic N) is 2. The molecule has 5 amide bonds. The predicted octanol–water partition coefficient (Wildman–Crippen LogP) is 0.0949. The van der Waals surface area contributed by atoms with Crippen molar-refractivity contribution in [2.45, 2.75) is 26.2 Å². The van der Waals surface area contributed by atoms with Crippen molar-refractivity contribution in [2.24, 2.45) is 5.92 Å². The van der Waals surface area contributed by atoms with Crippen LogP contribution in [0.25, 0.3) is 0 Å². The lowest BCUT2D eigenvalue weighted by atomic mass is 9.96. The van der Waals surface area contributed by atoms with Gasteiger partial charge in [0.2, 0.25) is 5.91 Å². The standard InChI is InChI=1S/C21H28N4O5/c1-2-30-14-6-11-24-19(27)20(28)25(21(24)29)15-23-12-9-16(10-13-23)18(26)22-17-7-4-3-5-8-17/h3-5,7-8,16H,2,6,9-15H2,1H3,(H,22,26)/p+1. The van der Waals surface area contributed by atoms with Crippen LogP contribution in [0.5, 0.6) is 0 Å². The molecule has 2 heterocycles. The second-order valence-corrected chi connectivity index (χ2v) is 7.56. The Balaban J connectivity index is 1.47. The summed E-state index contributed by atoms with van der Waals surface area (Å²) < 4.78 is 5.22. The number of hydrogen-bond acceptors (Lipinski definition) is 5. The maximum Gasteiger partial charge on any atom is 0.338 e. The number of quaternary nitrogens is 1. The lowest BCUT2D eigenvalue weighted by Gasteiger charge is -2.30. The van der Waals surface area contributed by atoms with E-state index in [-0.39, 0.29) is 25.0 Å². The molecule has 3 rings (SSSR count). The number of hydrogen-bond donors (Lipinski definition) is 2. The molecule has 0 atom stereocenters. The zero-order chi connectivity index (χ0) is 21.5. The first-order chi connectivity index (χ1) is 14.5. The van der Waals surface area contributed by atoms with Gasteiger partial charge in [-0.25, -0.2) is 9.69 Å². The quantitative estimate of drug-likeness (QED) is 0.337. The van der Waals surface area contributed by atoms with Gasteiger partial charge in [-0.2, -0.15) is 0 Å². The van der Waals surface area contributed by atoms with Gasteiger partial charge < -0.3 is 15.0 Å². The van der Waals surface area contributed by atoms with Crippen LogP contribution in [0.1, 0.15) is 26.2 Å². The zero-order valence-corrected chi connectivity index (χ0v) is 17.3. The molecule has 2 aliphatic rings. The number of urea groups is 1. The smallest absolute Gasteiger partial charge is 0.338 e. The van der Waals surface area contributed by atoms with Crippen LogP contribution in [0.15, 0.2) is 30.3 Å². The number of imide groups is 2. The Morgan fingerprint density at radius 2 is 1.77 bits per heavy atom. The van der Waals surface area contributed by atoms with E-state index in [1.807, 2.05) is 37.3 Å². The van der Waals surface area contributed by atoms with Crippen LogP contribution in [-0.4, -0.2) is 73.1 Å². The van der Waals surface area contributed by atoms with Crippen molar-refractivity contribution in [3.8, 4) is 0 Å². The highest BCUT2D eigenvalue weighted by atomic mass is 16.5. The fourth-order valence-electron chi connectivity index (χ4n) is 3.79. The molecule has 2 aliphatic heterocycles. The van der Waals surface area contributed by atoms with Gasteiger partial charge in [-0.1, -0.05) is 18.2 Å². The molecule has 1 aromatic carbocycles. The molecule has 9 heteroatoms. The first-order valence-corrected chi connectivity index (χ1v) is 10.5. The van der Waals surface area contributed by atoms with Gasteiger partial charge in [0.1, 0.15) is 0 Å². The first-order valence-electron chi connectivity index (χ1n) is 10.5. The highest BCUT2D eigenvalue weighted by molar-refractivity contribution is 6.44. The van der Waals surface area contributed by atoms with Gasteiger partial charge in [0.05, 0.1) is 13.1 Å². The Morgan fingerprint density at radius 1 is 1.10 bits per heavy atom. The van der Waals surface area contributed by atoms with Gasteiger partial charge in [0.25, 0.3) is 0 Å². The summed E-state index contributed by atoms with van der Waals surface area (Å²) in [4.78, 5) is 52.5. The topological polar surface area (TPSA) is 100 Å². The summed E-state index contributed by atoms with van der Waals surface area (Å²) in [5.41, 5.74) is 0.772. The van der Waals surface area contributed by atoms with Gasteiger partial charge in [0.15, 0.2) is 6.67 Å². The largest absolute Gasteiger partial charge is 0.382 e. The minimum Gasteiger partial charge on any atom is -0.382 e. The minimum atomic E-state index is -0.771. The van der Waals surface area contributed by atoms with Crippen molar-refractivity contribution in [2.75, 3.05) is 44.8 Å². The maximum absolute atomic E-state index is 12.5. The molecule has 0 saturated carbocycles. The van der Waals surface area contributed by atoms with Crippen LogP contribution < -0.4 is 10.2 Å². The zero-order valence-electron chi connectivity index (χ0n) is 17.3.